The molecule has 0 aliphatic rings. The lowest BCUT2D eigenvalue weighted by Gasteiger charge is -2.13. The Kier molecular flexibility index (Phi) is 6.23. The van der Waals surface area contributed by atoms with Crippen molar-refractivity contribution in [3.05, 3.63) is 156 Å². The van der Waals surface area contributed by atoms with Crippen molar-refractivity contribution < 1.29 is 0 Å². The highest BCUT2D eigenvalue weighted by atomic mass is 14.8. The normalized spacial score (nSPS) is 10.8. The molecule has 8 aromatic rings. The van der Waals surface area contributed by atoms with Crippen LogP contribution < -0.4 is 0 Å². The summed E-state index contributed by atoms with van der Waals surface area (Å²) in [6, 6.07) is 36.8. The van der Waals surface area contributed by atoms with Gasteiger partial charge in [-0.15, -0.1) is 0 Å². The fraction of sp³-hybridized carbons (Fsp3) is 0. The predicted molar refractivity (Wildman–Crippen MR) is 177 cm³/mol. The van der Waals surface area contributed by atoms with Crippen molar-refractivity contribution in [1.29, 1.82) is 0 Å². The van der Waals surface area contributed by atoms with Crippen LogP contribution >= 0.6 is 0 Å². The minimum atomic E-state index is 0.829. The Morgan fingerprint density at radius 3 is 1.23 bits per heavy atom. The van der Waals surface area contributed by atoms with Crippen molar-refractivity contribution >= 4 is 32.3 Å². The smallest absolute Gasteiger partial charge is 0.0887 e. The first-order valence-electron chi connectivity index (χ1n) is 14.3. The molecule has 0 aliphatic heterocycles. The molecule has 4 aromatic heterocycles. The lowest BCUT2D eigenvalue weighted by Crippen LogP contribution is -1.90. The van der Waals surface area contributed by atoms with Gasteiger partial charge in [0.2, 0.25) is 0 Å². The minimum Gasteiger partial charge on any atom is -0.255 e. The largest absolute Gasteiger partial charge is 0.255 e. The molecule has 0 fully saturated rings. The van der Waals surface area contributed by atoms with Crippen molar-refractivity contribution in [2.45, 2.75) is 0 Å². The summed E-state index contributed by atoms with van der Waals surface area (Å²) >= 11 is 0. The van der Waals surface area contributed by atoms with Gasteiger partial charge in [0.25, 0.3) is 0 Å². The van der Waals surface area contributed by atoms with Gasteiger partial charge in [-0.05, 0) is 93.0 Å². The summed E-state index contributed by atoms with van der Waals surface area (Å²) in [5, 5.41) is 7.05. The van der Waals surface area contributed by atoms with E-state index in [-0.39, 0.29) is 0 Å². The molecule has 0 saturated carbocycles. The zero-order chi connectivity index (χ0) is 29.3. The van der Waals surface area contributed by atoms with E-state index in [1.54, 1.807) is 24.8 Å². The van der Waals surface area contributed by atoms with Gasteiger partial charge in [0, 0.05) is 47.0 Å². The zero-order valence-electron chi connectivity index (χ0n) is 23.5. The summed E-state index contributed by atoms with van der Waals surface area (Å²) < 4.78 is 0. The summed E-state index contributed by atoms with van der Waals surface area (Å²) in [4.78, 5) is 17.9. The van der Waals surface area contributed by atoms with E-state index in [9.17, 15) is 0 Å². The van der Waals surface area contributed by atoms with Gasteiger partial charge in [-0.1, -0.05) is 72.2 Å². The number of nitrogens with zero attached hydrogens (tertiary/aromatic N) is 4. The molecule has 8 rings (SSSR count). The summed E-state index contributed by atoms with van der Waals surface area (Å²) in [7, 11) is 0. The number of hydrogen-bond donors (Lipinski definition) is 0. The van der Waals surface area contributed by atoms with E-state index in [4.69, 9.17) is 0 Å². The Bertz CT molecular complexity index is 2240. The van der Waals surface area contributed by atoms with Crippen LogP contribution in [-0.2, 0) is 0 Å². The number of hydrogen-bond acceptors (Lipinski definition) is 4. The third kappa shape index (κ3) is 4.68. The lowest BCUT2D eigenvalue weighted by molar-refractivity contribution is 1.24. The monoisotopic (exact) mass is 558 g/mol. The van der Waals surface area contributed by atoms with Gasteiger partial charge in [0.15, 0.2) is 0 Å². The molecule has 4 aromatic carbocycles. The highest BCUT2D eigenvalue weighted by Gasteiger charge is 2.12. The number of rotatable bonds is 2. The van der Waals surface area contributed by atoms with E-state index in [1.165, 1.54) is 21.5 Å². The molecule has 0 amide bonds. The van der Waals surface area contributed by atoms with Crippen LogP contribution in [0.2, 0.25) is 0 Å². The zero-order valence-corrected chi connectivity index (χ0v) is 23.5. The van der Waals surface area contributed by atoms with Gasteiger partial charge in [-0.3, -0.25) is 19.9 Å². The molecule has 0 N–H and O–H groups in total. The van der Waals surface area contributed by atoms with E-state index in [0.29, 0.717) is 0 Å². The summed E-state index contributed by atoms with van der Waals surface area (Å²) in [6.45, 7) is 0. The van der Waals surface area contributed by atoms with E-state index < -0.39 is 0 Å². The van der Waals surface area contributed by atoms with Crippen LogP contribution in [0.1, 0.15) is 22.3 Å². The quantitative estimate of drug-likeness (QED) is 0.158. The van der Waals surface area contributed by atoms with Gasteiger partial charge < -0.3 is 0 Å². The Balaban J connectivity index is 1.15. The predicted octanol–water partition coefficient (Wildman–Crippen LogP) is 8.30. The van der Waals surface area contributed by atoms with Crippen LogP contribution in [0.15, 0.2) is 134 Å². The standard InChI is InChI=1S/C40H22N4/c1-3-23-41-35(5-1)37-21-9-27(25-43-37)7-11-29-13-15-31-18-20-34-30(14-16-32-17-19-33(29)39(31)40(32)34)12-8-28-10-22-38(44-26-28)36-6-2-4-24-42-36/h1-6,9-10,13-26H. The molecule has 202 valence electrons. The van der Waals surface area contributed by atoms with Crippen LogP contribution in [0.5, 0.6) is 0 Å². The van der Waals surface area contributed by atoms with E-state index >= 15 is 0 Å². The molecule has 4 heterocycles. The first-order valence-corrected chi connectivity index (χ1v) is 14.3. The number of aromatic nitrogens is 4. The molecule has 44 heavy (non-hydrogen) atoms. The maximum atomic E-state index is 4.57. The number of benzene rings is 4. The fourth-order valence-electron chi connectivity index (χ4n) is 5.57. The molecule has 0 atom stereocenters. The van der Waals surface area contributed by atoms with Gasteiger partial charge in [-0.2, -0.15) is 0 Å². The maximum absolute atomic E-state index is 4.57. The Hall–Kier alpha value is -6.36. The van der Waals surface area contributed by atoms with Gasteiger partial charge >= 0.3 is 0 Å². The first-order chi connectivity index (χ1) is 21.8. The summed E-state index contributed by atoms with van der Waals surface area (Å²) in [5.74, 6) is 13.4. The fourth-order valence-corrected chi connectivity index (χ4v) is 5.57. The van der Waals surface area contributed by atoms with Crippen LogP contribution in [-0.4, -0.2) is 19.9 Å². The second-order valence-corrected chi connectivity index (χ2v) is 10.4. The Morgan fingerprint density at radius 2 is 0.818 bits per heavy atom. The molecule has 0 spiro atoms. The van der Waals surface area contributed by atoms with Crippen molar-refractivity contribution in [1.82, 2.24) is 19.9 Å². The minimum absolute atomic E-state index is 0.829. The third-order valence-electron chi connectivity index (χ3n) is 7.73. The SMILES string of the molecule is C(#Cc1ccc2ccc3c(C#Cc4ccc(-c5ccccn5)nc4)ccc4ccc1c2c43)c1ccc(-c2ccccn2)nc1. The molecule has 0 saturated heterocycles. The van der Waals surface area contributed by atoms with Crippen LogP contribution in [0.4, 0.5) is 0 Å². The van der Waals surface area contributed by atoms with Crippen molar-refractivity contribution in [3.63, 3.8) is 0 Å². The van der Waals surface area contributed by atoms with Crippen molar-refractivity contribution in [3.8, 4) is 46.5 Å². The van der Waals surface area contributed by atoms with Gasteiger partial charge in [-0.25, -0.2) is 0 Å². The molecular weight excluding hydrogens is 536 g/mol. The van der Waals surface area contributed by atoms with Crippen molar-refractivity contribution in [2.24, 2.45) is 0 Å². The van der Waals surface area contributed by atoms with Gasteiger partial charge in [0.1, 0.15) is 0 Å². The number of pyridine rings is 4. The molecule has 0 bridgehead atoms. The topological polar surface area (TPSA) is 51.6 Å². The Labute approximate surface area is 254 Å². The van der Waals surface area contributed by atoms with Crippen LogP contribution in [0.25, 0.3) is 55.1 Å². The third-order valence-corrected chi connectivity index (χ3v) is 7.73. The van der Waals surface area contributed by atoms with Crippen LogP contribution in [0.3, 0.4) is 0 Å². The maximum Gasteiger partial charge on any atom is 0.0887 e. The highest BCUT2D eigenvalue weighted by Crippen LogP contribution is 2.37. The Morgan fingerprint density at radius 1 is 0.364 bits per heavy atom. The average molecular weight is 559 g/mol. The summed E-state index contributed by atoms with van der Waals surface area (Å²) in [6.07, 6.45) is 7.15. The second-order valence-electron chi connectivity index (χ2n) is 10.4. The molecule has 4 nitrogen and oxygen atoms in total. The van der Waals surface area contributed by atoms with Crippen LogP contribution in [0, 0.1) is 23.7 Å². The van der Waals surface area contributed by atoms with Crippen molar-refractivity contribution in [2.75, 3.05) is 0 Å². The molecular formula is C40H22N4. The van der Waals surface area contributed by atoms with Gasteiger partial charge in [0.05, 0.1) is 22.8 Å². The van der Waals surface area contributed by atoms with E-state index in [0.717, 1.165) is 55.8 Å². The molecule has 0 unspecified atom stereocenters. The summed E-state index contributed by atoms with van der Waals surface area (Å²) in [5.41, 5.74) is 7.03. The molecule has 0 aliphatic carbocycles. The lowest BCUT2D eigenvalue weighted by atomic mass is 9.90. The first kappa shape index (κ1) is 25.4. The molecule has 0 radical (unpaired) electrons. The average Bonchev–Trinajstić information content (AvgIpc) is 3.10. The molecule has 4 heteroatoms. The second kappa shape index (κ2) is 10.8. The van der Waals surface area contributed by atoms with E-state index in [1.807, 2.05) is 60.7 Å². The van der Waals surface area contributed by atoms with E-state index in [2.05, 4.69) is 92.1 Å². The highest BCUT2D eigenvalue weighted by molar-refractivity contribution is 6.24.